The van der Waals surface area contributed by atoms with Crippen LogP contribution in [-0.4, -0.2) is 24.5 Å². The Balaban J connectivity index is 3.33. The molecule has 14 heavy (non-hydrogen) atoms. The van der Waals surface area contributed by atoms with E-state index < -0.39 is 12.1 Å². The van der Waals surface area contributed by atoms with Crippen molar-refractivity contribution in [2.45, 2.75) is 31.9 Å². The molecule has 0 saturated carbocycles. The van der Waals surface area contributed by atoms with Gasteiger partial charge in [-0.2, -0.15) is 25.8 Å². The van der Waals surface area contributed by atoms with Crippen LogP contribution in [0.2, 0.25) is 0 Å². The van der Waals surface area contributed by atoms with Gasteiger partial charge >= 0.3 is 12.1 Å². The predicted octanol–water partition coefficient (Wildman–Crippen LogP) is 2.58. The molecule has 2 nitrogen and oxygen atoms in total. The standard InChI is InChI=1S/C8H13F3O2S/c9-8(10,11)7(12)13-5-3-1-2-4-6-14/h14H,1-6H2. The van der Waals surface area contributed by atoms with E-state index in [0.717, 1.165) is 25.0 Å². The molecule has 0 bridgehead atoms. The molecule has 0 spiro atoms. The topological polar surface area (TPSA) is 26.3 Å². The Labute approximate surface area is 86.2 Å². The van der Waals surface area contributed by atoms with Gasteiger partial charge in [0.1, 0.15) is 0 Å². The Morgan fingerprint density at radius 3 is 2.21 bits per heavy atom. The van der Waals surface area contributed by atoms with Gasteiger partial charge in [0.25, 0.3) is 0 Å². The minimum absolute atomic E-state index is 0.162. The summed E-state index contributed by atoms with van der Waals surface area (Å²) in [5.41, 5.74) is 0. The second-order valence-corrected chi connectivity index (χ2v) is 3.22. The first kappa shape index (κ1) is 13.6. The summed E-state index contributed by atoms with van der Waals surface area (Å²) in [5.74, 6) is -1.34. The second-order valence-electron chi connectivity index (χ2n) is 2.77. The van der Waals surface area contributed by atoms with Gasteiger partial charge in [-0.25, -0.2) is 4.79 Å². The number of halogens is 3. The molecule has 0 rings (SSSR count). The lowest BCUT2D eigenvalue weighted by Gasteiger charge is -2.06. The van der Waals surface area contributed by atoms with E-state index in [1.54, 1.807) is 0 Å². The summed E-state index contributed by atoms with van der Waals surface area (Å²) in [6.07, 6.45) is -1.82. The highest BCUT2D eigenvalue weighted by atomic mass is 32.1. The average molecular weight is 230 g/mol. The molecule has 0 heterocycles. The molecule has 0 aliphatic heterocycles. The van der Waals surface area contributed by atoms with Crippen molar-refractivity contribution in [1.29, 1.82) is 0 Å². The van der Waals surface area contributed by atoms with E-state index in [-0.39, 0.29) is 6.61 Å². The SMILES string of the molecule is O=C(OCCCCCCS)C(F)(F)F. The summed E-state index contributed by atoms with van der Waals surface area (Å²) >= 11 is 3.98. The van der Waals surface area contributed by atoms with Gasteiger partial charge < -0.3 is 4.74 Å². The van der Waals surface area contributed by atoms with Crippen molar-refractivity contribution >= 4 is 18.6 Å². The number of alkyl halides is 3. The van der Waals surface area contributed by atoms with Gasteiger partial charge in [-0.05, 0) is 18.6 Å². The van der Waals surface area contributed by atoms with Crippen molar-refractivity contribution in [3.63, 3.8) is 0 Å². The summed E-state index contributed by atoms with van der Waals surface area (Å²) in [5, 5.41) is 0. The zero-order valence-corrected chi connectivity index (χ0v) is 8.53. The lowest BCUT2D eigenvalue weighted by molar-refractivity contribution is -0.199. The number of carbonyl (C=O) groups is 1. The Hall–Kier alpha value is -0.390. The molecule has 6 heteroatoms. The van der Waals surface area contributed by atoms with Crippen molar-refractivity contribution in [3.05, 3.63) is 0 Å². The molecule has 0 radical (unpaired) electrons. The van der Waals surface area contributed by atoms with Crippen LogP contribution in [0.4, 0.5) is 13.2 Å². The van der Waals surface area contributed by atoms with Crippen LogP contribution in [0.15, 0.2) is 0 Å². The number of rotatable bonds is 6. The second kappa shape index (κ2) is 6.98. The van der Waals surface area contributed by atoms with E-state index >= 15 is 0 Å². The van der Waals surface area contributed by atoms with Crippen LogP contribution in [0.5, 0.6) is 0 Å². The third kappa shape index (κ3) is 7.06. The molecule has 0 saturated heterocycles. The third-order valence-corrected chi connectivity index (χ3v) is 1.83. The first-order valence-electron chi connectivity index (χ1n) is 4.33. The molecule has 0 aliphatic rings. The average Bonchev–Trinajstić information content (AvgIpc) is 2.09. The molecule has 0 atom stereocenters. The van der Waals surface area contributed by atoms with Crippen LogP contribution in [0.1, 0.15) is 25.7 Å². The number of carbonyl (C=O) groups excluding carboxylic acids is 1. The van der Waals surface area contributed by atoms with E-state index in [0.29, 0.717) is 6.42 Å². The normalized spacial score (nSPS) is 11.4. The van der Waals surface area contributed by atoms with E-state index in [1.807, 2.05) is 0 Å². The molecule has 0 aromatic carbocycles. The lowest BCUT2D eigenvalue weighted by atomic mass is 10.2. The summed E-state index contributed by atoms with van der Waals surface area (Å²) < 4.78 is 38.8. The highest BCUT2D eigenvalue weighted by molar-refractivity contribution is 7.80. The van der Waals surface area contributed by atoms with Crippen molar-refractivity contribution in [2.75, 3.05) is 12.4 Å². The number of esters is 1. The minimum atomic E-state index is -4.87. The van der Waals surface area contributed by atoms with Gasteiger partial charge in [0.05, 0.1) is 6.61 Å². The van der Waals surface area contributed by atoms with Gasteiger partial charge in [0.15, 0.2) is 0 Å². The van der Waals surface area contributed by atoms with Crippen molar-refractivity contribution in [1.82, 2.24) is 0 Å². The zero-order valence-electron chi connectivity index (χ0n) is 7.64. The fraction of sp³-hybridized carbons (Fsp3) is 0.875. The Bertz CT molecular complexity index is 170. The Kier molecular flexibility index (Phi) is 6.78. The van der Waals surface area contributed by atoms with Gasteiger partial charge in [-0.15, -0.1) is 0 Å². The molecule has 0 aromatic heterocycles. The monoisotopic (exact) mass is 230 g/mol. The fourth-order valence-electron chi connectivity index (χ4n) is 0.814. The first-order valence-corrected chi connectivity index (χ1v) is 4.96. The van der Waals surface area contributed by atoms with Crippen LogP contribution in [0.25, 0.3) is 0 Å². The lowest BCUT2D eigenvalue weighted by Crippen LogP contribution is -2.25. The number of thiol groups is 1. The highest BCUT2D eigenvalue weighted by Crippen LogP contribution is 2.16. The first-order chi connectivity index (χ1) is 6.48. The van der Waals surface area contributed by atoms with Gasteiger partial charge in [-0.1, -0.05) is 12.8 Å². The summed E-state index contributed by atoms with van der Waals surface area (Å²) in [4.78, 5) is 10.2. The molecule has 0 aliphatic carbocycles. The molecule has 0 aromatic rings. The molecule has 0 unspecified atom stereocenters. The summed E-state index contributed by atoms with van der Waals surface area (Å²) in [6.45, 7) is -0.162. The number of hydrogen-bond acceptors (Lipinski definition) is 3. The number of hydrogen-bond donors (Lipinski definition) is 1. The molecule has 0 N–H and O–H groups in total. The smallest absolute Gasteiger partial charge is 0.459 e. The van der Waals surface area contributed by atoms with Crippen LogP contribution in [0, 0.1) is 0 Å². The van der Waals surface area contributed by atoms with Crippen LogP contribution >= 0.6 is 12.6 Å². The highest BCUT2D eigenvalue weighted by Gasteiger charge is 2.40. The van der Waals surface area contributed by atoms with Crippen LogP contribution in [-0.2, 0) is 9.53 Å². The maximum Gasteiger partial charge on any atom is 0.490 e. The quantitative estimate of drug-likeness (QED) is 0.431. The van der Waals surface area contributed by atoms with Gasteiger partial charge in [0, 0.05) is 0 Å². The largest absolute Gasteiger partial charge is 0.490 e. The van der Waals surface area contributed by atoms with Gasteiger partial charge in [-0.3, -0.25) is 0 Å². The molecule has 84 valence electrons. The van der Waals surface area contributed by atoms with Crippen LogP contribution < -0.4 is 0 Å². The van der Waals surface area contributed by atoms with Crippen LogP contribution in [0.3, 0.4) is 0 Å². The van der Waals surface area contributed by atoms with E-state index in [1.165, 1.54) is 0 Å². The maximum atomic E-state index is 11.6. The van der Waals surface area contributed by atoms with Gasteiger partial charge in [0.2, 0.25) is 0 Å². The molecular formula is C8H13F3O2S. The number of ether oxygens (including phenoxy) is 1. The zero-order chi connectivity index (χ0) is 11.0. The Morgan fingerprint density at radius 2 is 1.71 bits per heavy atom. The summed E-state index contributed by atoms with van der Waals surface area (Å²) in [6, 6.07) is 0. The van der Waals surface area contributed by atoms with E-state index in [2.05, 4.69) is 17.4 Å². The van der Waals surface area contributed by atoms with Crippen molar-refractivity contribution in [3.8, 4) is 0 Å². The predicted molar refractivity (Wildman–Crippen MR) is 49.3 cm³/mol. The minimum Gasteiger partial charge on any atom is -0.459 e. The van der Waals surface area contributed by atoms with Crippen molar-refractivity contribution < 1.29 is 22.7 Å². The third-order valence-electron chi connectivity index (χ3n) is 1.52. The number of unbranched alkanes of at least 4 members (excludes halogenated alkanes) is 3. The fourth-order valence-corrected chi connectivity index (χ4v) is 1.04. The Morgan fingerprint density at radius 1 is 1.14 bits per heavy atom. The maximum absolute atomic E-state index is 11.6. The van der Waals surface area contributed by atoms with E-state index in [9.17, 15) is 18.0 Å². The molecule has 0 fully saturated rings. The summed E-state index contributed by atoms with van der Waals surface area (Å²) in [7, 11) is 0. The molecule has 0 amide bonds. The van der Waals surface area contributed by atoms with Crippen molar-refractivity contribution in [2.24, 2.45) is 0 Å². The van der Waals surface area contributed by atoms with E-state index in [4.69, 9.17) is 0 Å². The molecular weight excluding hydrogens is 217 g/mol.